The molecule has 1 aromatic heterocycles. The van der Waals surface area contributed by atoms with Gasteiger partial charge < -0.3 is 14.6 Å². The summed E-state index contributed by atoms with van der Waals surface area (Å²) in [7, 11) is 0. The van der Waals surface area contributed by atoms with E-state index >= 15 is 0 Å². The molecule has 1 amide bonds. The molecule has 0 atom stereocenters. The predicted molar refractivity (Wildman–Crippen MR) is 97.8 cm³/mol. The van der Waals surface area contributed by atoms with Gasteiger partial charge in [-0.3, -0.25) is 4.79 Å². The second kappa shape index (κ2) is 7.47. The Labute approximate surface area is 168 Å². The van der Waals surface area contributed by atoms with Crippen LogP contribution in [-0.4, -0.2) is 17.4 Å². The van der Waals surface area contributed by atoms with E-state index < -0.39 is 17.6 Å². The average molecular weight is 420 g/mol. The van der Waals surface area contributed by atoms with E-state index in [1.165, 1.54) is 30.3 Å². The molecule has 30 heavy (non-hydrogen) atoms. The molecule has 9 heteroatoms. The molecule has 0 unspecified atom stereocenters. The van der Waals surface area contributed by atoms with Crippen LogP contribution in [0.2, 0.25) is 0 Å². The van der Waals surface area contributed by atoms with Gasteiger partial charge in [0, 0.05) is 12.6 Å². The first kappa shape index (κ1) is 19.9. The van der Waals surface area contributed by atoms with Crippen LogP contribution in [0.1, 0.15) is 24.1 Å². The summed E-state index contributed by atoms with van der Waals surface area (Å²) in [6.07, 6.45) is -3.62. The molecule has 0 bridgehead atoms. The summed E-state index contributed by atoms with van der Waals surface area (Å²) in [4.78, 5) is 12.7. The Hall–Kier alpha value is -3.36. The Bertz CT molecular complexity index is 1060. The number of alkyl halides is 3. The van der Waals surface area contributed by atoms with Crippen LogP contribution in [-0.2, 0) is 16.8 Å². The molecule has 0 aliphatic heterocycles. The van der Waals surface area contributed by atoms with E-state index in [9.17, 15) is 22.4 Å². The lowest BCUT2D eigenvalue weighted by Crippen LogP contribution is -2.34. The van der Waals surface area contributed by atoms with Gasteiger partial charge in [0.15, 0.2) is 5.76 Å². The molecule has 2 aromatic carbocycles. The number of nitrogens with one attached hydrogen (secondary N) is 1. The van der Waals surface area contributed by atoms with Gasteiger partial charge in [0.25, 0.3) is 0 Å². The van der Waals surface area contributed by atoms with Gasteiger partial charge in [0.1, 0.15) is 11.6 Å². The molecule has 0 saturated heterocycles. The molecule has 1 heterocycles. The van der Waals surface area contributed by atoms with Crippen LogP contribution in [0.4, 0.5) is 17.6 Å². The van der Waals surface area contributed by atoms with Crippen molar-refractivity contribution in [3.63, 3.8) is 0 Å². The zero-order valence-electron chi connectivity index (χ0n) is 15.5. The number of carbonyl (C=O) groups excluding carboxylic acids is 1. The van der Waals surface area contributed by atoms with E-state index in [0.717, 1.165) is 0 Å². The maximum atomic E-state index is 13.9. The van der Waals surface area contributed by atoms with Crippen LogP contribution in [0.25, 0.3) is 11.3 Å². The molecular weight excluding hydrogens is 404 g/mol. The highest BCUT2D eigenvalue weighted by Gasteiger charge is 2.53. The molecule has 1 aliphatic carbocycles. The molecule has 4 rings (SSSR count). The summed E-state index contributed by atoms with van der Waals surface area (Å²) in [6.45, 7) is 0.130. The second-order valence-electron chi connectivity index (χ2n) is 7.01. The molecule has 0 spiro atoms. The average Bonchev–Trinajstić information content (AvgIpc) is 3.37. The number of ether oxygens (including phenoxy) is 1. The first-order chi connectivity index (χ1) is 14.3. The number of carbonyl (C=O) groups is 1. The molecule has 0 radical (unpaired) electrons. The summed E-state index contributed by atoms with van der Waals surface area (Å²) >= 11 is 0. The Morgan fingerprint density at radius 1 is 1.13 bits per heavy atom. The van der Waals surface area contributed by atoms with Crippen molar-refractivity contribution in [2.75, 3.05) is 0 Å². The monoisotopic (exact) mass is 420 g/mol. The highest BCUT2D eigenvalue weighted by molar-refractivity contribution is 5.91. The normalized spacial score (nSPS) is 14.9. The van der Waals surface area contributed by atoms with Gasteiger partial charge in [-0.25, -0.2) is 4.39 Å². The number of aromatic nitrogens is 1. The van der Waals surface area contributed by atoms with Gasteiger partial charge in [0.05, 0.1) is 16.7 Å². The van der Waals surface area contributed by atoms with Gasteiger partial charge in [0.2, 0.25) is 5.91 Å². The molecule has 3 aromatic rings. The van der Waals surface area contributed by atoms with Crippen LogP contribution < -0.4 is 10.1 Å². The SMILES string of the molecule is O=C(NCc1ccc(OC(F)(F)F)cc1)C1(c2cc(-c3ccccc3F)on2)CC1. The molecule has 1 fully saturated rings. The van der Waals surface area contributed by atoms with E-state index in [4.69, 9.17) is 4.52 Å². The highest BCUT2D eigenvalue weighted by Crippen LogP contribution is 2.48. The van der Waals surface area contributed by atoms with Gasteiger partial charge >= 0.3 is 6.36 Å². The van der Waals surface area contributed by atoms with E-state index in [1.54, 1.807) is 24.3 Å². The number of benzene rings is 2. The van der Waals surface area contributed by atoms with E-state index in [2.05, 4.69) is 15.2 Å². The standard InChI is InChI=1S/C21H16F4N2O3/c22-16-4-2-1-3-15(16)17-11-18(27-30-17)20(9-10-20)19(28)26-12-13-5-7-14(8-6-13)29-21(23,24)25/h1-8,11H,9-10,12H2,(H,26,28). The summed E-state index contributed by atoms with van der Waals surface area (Å²) in [6, 6.07) is 12.9. The maximum Gasteiger partial charge on any atom is 0.573 e. The van der Waals surface area contributed by atoms with Crippen LogP contribution in [0.15, 0.2) is 59.1 Å². The van der Waals surface area contributed by atoms with Crippen LogP contribution in [0.3, 0.4) is 0 Å². The lowest BCUT2D eigenvalue weighted by atomic mass is 10.00. The number of hydrogen-bond acceptors (Lipinski definition) is 4. The van der Waals surface area contributed by atoms with Crippen molar-refractivity contribution in [3.05, 3.63) is 71.7 Å². The lowest BCUT2D eigenvalue weighted by molar-refractivity contribution is -0.274. The minimum Gasteiger partial charge on any atom is -0.406 e. The Kier molecular flexibility index (Phi) is 4.97. The molecule has 156 valence electrons. The van der Waals surface area contributed by atoms with Gasteiger partial charge in [-0.05, 0) is 42.7 Å². The van der Waals surface area contributed by atoms with Crippen LogP contribution in [0.5, 0.6) is 5.75 Å². The summed E-state index contributed by atoms with van der Waals surface area (Å²) in [5, 5.41) is 6.73. The third-order valence-corrected chi connectivity index (χ3v) is 4.93. The number of halogens is 4. The molecule has 1 aliphatic rings. The minimum atomic E-state index is -4.76. The fourth-order valence-electron chi connectivity index (χ4n) is 3.17. The van der Waals surface area contributed by atoms with Crippen molar-refractivity contribution in [1.82, 2.24) is 10.5 Å². The first-order valence-corrected chi connectivity index (χ1v) is 9.12. The van der Waals surface area contributed by atoms with Crippen molar-refractivity contribution < 1.29 is 31.6 Å². The van der Waals surface area contributed by atoms with Crippen molar-refractivity contribution >= 4 is 5.91 Å². The fraction of sp³-hybridized carbons (Fsp3) is 0.238. The molecule has 1 N–H and O–H groups in total. The Morgan fingerprint density at radius 2 is 1.83 bits per heavy atom. The lowest BCUT2D eigenvalue weighted by Gasteiger charge is -2.13. The largest absolute Gasteiger partial charge is 0.573 e. The zero-order chi connectivity index (χ0) is 21.4. The summed E-state index contributed by atoms with van der Waals surface area (Å²) in [5.74, 6) is -0.819. The Balaban J connectivity index is 1.41. The Morgan fingerprint density at radius 3 is 2.47 bits per heavy atom. The van der Waals surface area contributed by atoms with E-state index in [-0.39, 0.29) is 29.5 Å². The minimum absolute atomic E-state index is 0.130. The summed E-state index contributed by atoms with van der Waals surface area (Å²) < 4.78 is 59.7. The summed E-state index contributed by atoms with van der Waals surface area (Å²) in [5.41, 5.74) is 0.452. The number of hydrogen-bond donors (Lipinski definition) is 1. The zero-order valence-corrected chi connectivity index (χ0v) is 15.5. The third-order valence-electron chi connectivity index (χ3n) is 4.93. The van der Waals surface area contributed by atoms with Gasteiger partial charge in [-0.2, -0.15) is 0 Å². The maximum absolute atomic E-state index is 13.9. The number of amides is 1. The predicted octanol–water partition coefficient (Wildman–Crippen LogP) is 4.73. The molecular formula is C21H16F4N2O3. The third kappa shape index (κ3) is 4.14. The van der Waals surface area contributed by atoms with Gasteiger partial charge in [-0.15, -0.1) is 13.2 Å². The number of nitrogens with zero attached hydrogens (tertiary/aromatic N) is 1. The van der Waals surface area contributed by atoms with E-state index in [1.807, 2.05) is 0 Å². The van der Waals surface area contributed by atoms with Crippen molar-refractivity contribution in [2.24, 2.45) is 0 Å². The first-order valence-electron chi connectivity index (χ1n) is 9.12. The van der Waals surface area contributed by atoms with Crippen LogP contribution >= 0.6 is 0 Å². The van der Waals surface area contributed by atoms with Crippen molar-refractivity contribution in [3.8, 4) is 17.1 Å². The van der Waals surface area contributed by atoms with Crippen LogP contribution in [0, 0.1) is 5.82 Å². The van der Waals surface area contributed by atoms with Crippen molar-refractivity contribution in [2.45, 2.75) is 31.2 Å². The van der Waals surface area contributed by atoms with E-state index in [0.29, 0.717) is 24.1 Å². The quantitative estimate of drug-likeness (QED) is 0.586. The topological polar surface area (TPSA) is 64.4 Å². The van der Waals surface area contributed by atoms with Gasteiger partial charge in [-0.1, -0.05) is 29.4 Å². The fourth-order valence-corrected chi connectivity index (χ4v) is 3.17. The molecule has 5 nitrogen and oxygen atoms in total. The second-order valence-corrected chi connectivity index (χ2v) is 7.01. The molecule has 1 saturated carbocycles. The highest BCUT2D eigenvalue weighted by atomic mass is 19.4. The smallest absolute Gasteiger partial charge is 0.406 e. The number of rotatable bonds is 6. The van der Waals surface area contributed by atoms with Crippen molar-refractivity contribution in [1.29, 1.82) is 0 Å².